The number of aromatic nitrogens is 1. The van der Waals surface area contributed by atoms with Crippen LogP contribution in [-0.2, 0) is 4.74 Å². The van der Waals surface area contributed by atoms with Crippen molar-refractivity contribution in [2.24, 2.45) is 0 Å². The molecule has 94 valence electrons. The SMILES string of the molecule is COC(=O)c1nc(-c2cccc(Br)c2C)sc1C. The minimum Gasteiger partial charge on any atom is -0.464 e. The number of esters is 1. The van der Waals surface area contributed by atoms with Gasteiger partial charge in [-0.05, 0) is 25.5 Å². The van der Waals surface area contributed by atoms with E-state index >= 15 is 0 Å². The van der Waals surface area contributed by atoms with Gasteiger partial charge in [0, 0.05) is 14.9 Å². The van der Waals surface area contributed by atoms with E-state index in [2.05, 4.69) is 20.9 Å². The monoisotopic (exact) mass is 325 g/mol. The molecule has 1 aromatic carbocycles. The van der Waals surface area contributed by atoms with E-state index in [0.717, 1.165) is 25.5 Å². The van der Waals surface area contributed by atoms with E-state index in [1.165, 1.54) is 18.4 Å². The maximum absolute atomic E-state index is 11.5. The predicted molar refractivity (Wildman–Crippen MR) is 76.1 cm³/mol. The Balaban J connectivity index is 2.53. The van der Waals surface area contributed by atoms with Gasteiger partial charge in [-0.2, -0.15) is 0 Å². The highest BCUT2D eigenvalue weighted by Gasteiger charge is 2.17. The molecule has 0 amide bonds. The van der Waals surface area contributed by atoms with Crippen molar-refractivity contribution in [3.63, 3.8) is 0 Å². The molecule has 0 aliphatic carbocycles. The van der Waals surface area contributed by atoms with E-state index in [9.17, 15) is 4.79 Å². The normalized spacial score (nSPS) is 10.4. The van der Waals surface area contributed by atoms with Gasteiger partial charge in [0.1, 0.15) is 5.01 Å². The molecule has 3 nitrogen and oxygen atoms in total. The number of ether oxygens (including phenoxy) is 1. The lowest BCUT2D eigenvalue weighted by molar-refractivity contribution is 0.0594. The van der Waals surface area contributed by atoms with Gasteiger partial charge >= 0.3 is 5.97 Å². The summed E-state index contributed by atoms with van der Waals surface area (Å²) in [5.41, 5.74) is 2.55. The van der Waals surface area contributed by atoms with Crippen LogP contribution < -0.4 is 0 Å². The van der Waals surface area contributed by atoms with Gasteiger partial charge in [0.15, 0.2) is 5.69 Å². The number of nitrogens with zero attached hydrogens (tertiary/aromatic N) is 1. The second-order valence-corrected chi connectivity index (χ2v) is 5.89. The summed E-state index contributed by atoms with van der Waals surface area (Å²) in [5.74, 6) is -0.386. The number of halogens is 1. The molecule has 0 bridgehead atoms. The van der Waals surface area contributed by atoms with Crippen molar-refractivity contribution in [2.75, 3.05) is 7.11 Å². The number of thiazole rings is 1. The number of carbonyl (C=O) groups excluding carboxylic acids is 1. The van der Waals surface area contributed by atoms with Crippen molar-refractivity contribution < 1.29 is 9.53 Å². The summed E-state index contributed by atoms with van der Waals surface area (Å²) in [5, 5.41) is 0.840. The average Bonchev–Trinajstić information content (AvgIpc) is 2.73. The Morgan fingerprint density at radius 1 is 1.39 bits per heavy atom. The van der Waals surface area contributed by atoms with Crippen molar-refractivity contribution in [1.82, 2.24) is 4.98 Å². The first kappa shape index (κ1) is 13.2. The highest BCUT2D eigenvalue weighted by atomic mass is 79.9. The Morgan fingerprint density at radius 2 is 2.11 bits per heavy atom. The molecular weight excluding hydrogens is 314 g/mol. The summed E-state index contributed by atoms with van der Waals surface area (Å²) in [4.78, 5) is 16.8. The lowest BCUT2D eigenvalue weighted by Crippen LogP contribution is -2.03. The number of aryl methyl sites for hydroxylation is 1. The number of rotatable bonds is 2. The first-order chi connectivity index (χ1) is 8.54. The molecule has 1 heterocycles. The smallest absolute Gasteiger partial charge is 0.357 e. The van der Waals surface area contributed by atoms with Crippen LogP contribution in [0.25, 0.3) is 10.6 Å². The van der Waals surface area contributed by atoms with Crippen LogP contribution in [0.3, 0.4) is 0 Å². The van der Waals surface area contributed by atoms with Crippen LogP contribution in [0.4, 0.5) is 0 Å². The summed E-state index contributed by atoms with van der Waals surface area (Å²) < 4.78 is 5.75. The van der Waals surface area contributed by atoms with Gasteiger partial charge in [0.25, 0.3) is 0 Å². The van der Waals surface area contributed by atoms with E-state index < -0.39 is 0 Å². The van der Waals surface area contributed by atoms with Gasteiger partial charge < -0.3 is 4.74 Å². The summed E-state index contributed by atoms with van der Waals surface area (Å²) >= 11 is 5.00. The van der Waals surface area contributed by atoms with Crippen LogP contribution in [0.15, 0.2) is 22.7 Å². The van der Waals surface area contributed by atoms with Crippen LogP contribution in [0.5, 0.6) is 0 Å². The predicted octanol–water partition coefficient (Wildman–Crippen LogP) is 3.98. The maximum Gasteiger partial charge on any atom is 0.357 e. The highest BCUT2D eigenvalue weighted by Crippen LogP contribution is 2.33. The lowest BCUT2D eigenvalue weighted by atomic mass is 10.1. The summed E-state index contributed by atoms with van der Waals surface area (Å²) in [6, 6.07) is 5.95. The zero-order valence-corrected chi connectivity index (χ0v) is 12.7. The molecule has 2 aromatic rings. The molecule has 0 saturated heterocycles. The Labute approximate surface area is 118 Å². The largest absolute Gasteiger partial charge is 0.464 e. The lowest BCUT2D eigenvalue weighted by Gasteiger charge is -2.03. The Bertz CT molecular complexity index is 607. The number of hydrogen-bond acceptors (Lipinski definition) is 4. The summed E-state index contributed by atoms with van der Waals surface area (Å²) in [6.07, 6.45) is 0. The van der Waals surface area contributed by atoms with Gasteiger partial charge in [-0.25, -0.2) is 9.78 Å². The Kier molecular flexibility index (Phi) is 3.82. The van der Waals surface area contributed by atoms with Crippen molar-refractivity contribution >= 4 is 33.2 Å². The van der Waals surface area contributed by atoms with Crippen molar-refractivity contribution in [1.29, 1.82) is 0 Å². The number of benzene rings is 1. The first-order valence-corrected chi connectivity index (χ1v) is 6.96. The van der Waals surface area contributed by atoms with E-state index in [1.54, 1.807) is 0 Å². The molecule has 0 N–H and O–H groups in total. The van der Waals surface area contributed by atoms with Crippen molar-refractivity contribution in [2.45, 2.75) is 13.8 Å². The van der Waals surface area contributed by atoms with Crippen LogP contribution in [0.2, 0.25) is 0 Å². The van der Waals surface area contributed by atoms with E-state index in [1.807, 2.05) is 32.0 Å². The third-order valence-electron chi connectivity index (χ3n) is 2.67. The van der Waals surface area contributed by atoms with Crippen LogP contribution in [0.1, 0.15) is 20.9 Å². The topological polar surface area (TPSA) is 39.2 Å². The van der Waals surface area contributed by atoms with Crippen LogP contribution >= 0.6 is 27.3 Å². The molecule has 0 atom stereocenters. The maximum atomic E-state index is 11.5. The number of hydrogen-bond donors (Lipinski definition) is 0. The molecule has 0 unspecified atom stereocenters. The molecule has 18 heavy (non-hydrogen) atoms. The van der Waals surface area contributed by atoms with Crippen molar-refractivity contribution in [3.8, 4) is 10.6 Å². The second-order valence-electron chi connectivity index (χ2n) is 3.83. The summed E-state index contributed by atoms with van der Waals surface area (Å²) in [6.45, 7) is 3.90. The molecule has 1 aromatic heterocycles. The second kappa shape index (κ2) is 5.20. The Morgan fingerprint density at radius 3 is 2.78 bits per heavy atom. The molecule has 0 aliphatic rings. The molecule has 0 aliphatic heterocycles. The zero-order chi connectivity index (χ0) is 13.3. The molecule has 0 radical (unpaired) electrons. The van der Waals surface area contributed by atoms with Crippen LogP contribution in [0, 0.1) is 13.8 Å². The van der Waals surface area contributed by atoms with E-state index in [0.29, 0.717) is 5.69 Å². The Hall–Kier alpha value is -1.20. The molecule has 0 fully saturated rings. The minimum absolute atomic E-state index is 0.386. The zero-order valence-electron chi connectivity index (χ0n) is 10.3. The minimum atomic E-state index is -0.386. The third kappa shape index (κ3) is 2.33. The van der Waals surface area contributed by atoms with Gasteiger partial charge in [0.05, 0.1) is 7.11 Å². The molecule has 0 spiro atoms. The molecule has 5 heteroatoms. The molecule has 0 saturated carbocycles. The fourth-order valence-electron chi connectivity index (χ4n) is 1.64. The van der Waals surface area contributed by atoms with Gasteiger partial charge in [-0.1, -0.05) is 28.1 Å². The van der Waals surface area contributed by atoms with Crippen LogP contribution in [-0.4, -0.2) is 18.1 Å². The summed E-state index contributed by atoms with van der Waals surface area (Å²) in [7, 11) is 1.37. The van der Waals surface area contributed by atoms with Gasteiger partial charge in [-0.15, -0.1) is 11.3 Å². The highest BCUT2D eigenvalue weighted by molar-refractivity contribution is 9.10. The number of carbonyl (C=O) groups is 1. The standard InChI is InChI=1S/C13H12BrNO2S/c1-7-9(5-4-6-10(7)14)12-15-11(8(2)18-12)13(16)17-3/h4-6H,1-3H3. The fourth-order valence-corrected chi connectivity index (χ4v) is 2.99. The van der Waals surface area contributed by atoms with Crippen molar-refractivity contribution in [3.05, 3.63) is 38.8 Å². The quantitative estimate of drug-likeness (QED) is 0.784. The number of methoxy groups -OCH3 is 1. The molecule has 2 rings (SSSR count). The first-order valence-electron chi connectivity index (χ1n) is 5.35. The van der Waals surface area contributed by atoms with Gasteiger partial charge in [0.2, 0.25) is 0 Å². The van der Waals surface area contributed by atoms with E-state index in [-0.39, 0.29) is 5.97 Å². The van der Waals surface area contributed by atoms with Gasteiger partial charge in [-0.3, -0.25) is 0 Å². The van der Waals surface area contributed by atoms with E-state index in [4.69, 9.17) is 4.74 Å². The third-order valence-corrected chi connectivity index (χ3v) is 4.54. The fraction of sp³-hybridized carbons (Fsp3) is 0.231. The molecular formula is C13H12BrNO2S. The average molecular weight is 326 g/mol.